The van der Waals surface area contributed by atoms with Crippen molar-refractivity contribution in [2.75, 3.05) is 4.90 Å². The van der Waals surface area contributed by atoms with Crippen molar-refractivity contribution in [1.82, 2.24) is 9.97 Å². The highest BCUT2D eigenvalue weighted by molar-refractivity contribution is 7.14. The number of rotatable bonds is 7. The number of esters is 1. The summed E-state index contributed by atoms with van der Waals surface area (Å²) < 4.78 is 10.8. The molecule has 0 fully saturated rings. The SMILES string of the molecule is CC(=O)N(c1nc(COC(=O)Cc2coc(-c3ccccc3)n2)cs1)c1cccc(C)c1C. The average Bonchev–Trinajstić information content (AvgIpc) is 3.46. The van der Waals surface area contributed by atoms with Crippen LogP contribution in [0.5, 0.6) is 0 Å². The maximum atomic E-state index is 12.4. The third kappa shape index (κ3) is 5.18. The summed E-state index contributed by atoms with van der Waals surface area (Å²) in [7, 11) is 0. The summed E-state index contributed by atoms with van der Waals surface area (Å²) >= 11 is 1.33. The zero-order chi connectivity index (χ0) is 23.4. The van der Waals surface area contributed by atoms with Gasteiger partial charge in [-0.1, -0.05) is 30.3 Å². The standard InChI is InChI=1S/C25H23N3O4S/c1-16-8-7-11-22(17(16)2)28(18(3)29)25-27-21(15-33-25)14-31-23(30)12-20-13-32-24(26-20)19-9-5-4-6-10-19/h4-11,13,15H,12,14H2,1-3H3. The van der Waals surface area contributed by atoms with Crippen molar-refractivity contribution < 1.29 is 18.7 Å². The van der Waals surface area contributed by atoms with E-state index in [-0.39, 0.29) is 18.9 Å². The van der Waals surface area contributed by atoms with Gasteiger partial charge in [-0.2, -0.15) is 0 Å². The molecule has 0 aliphatic heterocycles. The molecule has 0 radical (unpaired) electrons. The predicted octanol–water partition coefficient (Wildman–Crippen LogP) is 5.39. The van der Waals surface area contributed by atoms with E-state index < -0.39 is 5.97 Å². The Morgan fingerprint density at radius 1 is 1.03 bits per heavy atom. The molecule has 0 saturated carbocycles. The highest BCUT2D eigenvalue weighted by atomic mass is 32.1. The van der Waals surface area contributed by atoms with E-state index in [0.717, 1.165) is 22.4 Å². The molecule has 0 saturated heterocycles. The highest BCUT2D eigenvalue weighted by Crippen LogP contribution is 2.32. The van der Waals surface area contributed by atoms with Crippen molar-refractivity contribution in [3.8, 4) is 11.5 Å². The van der Waals surface area contributed by atoms with Gasteiger partial charge in [0, 0.05) is 17.9 Å². The third-order valence-electron chi connectivity index (χ3n) is 5.14. The molecule has 0 aliphatic carbocycles. The third-order valence-corrected chi connectivity index (χ3v) is 6.02. The second kappa shape index (κ2) is 9.79. The van der Waals surface area contributed by atoms with Gasteiger partial charge >= 0.3 is 5.97 Å². The first-order valence-electron chi connectivity index (χ1n) is 10.4. The Morgan fingerprint density at radius 3 is 2.58 bits per heavy atom. The minimum absolute atomic E-state index is 0.00458. The molecule has 168 valence electrons. The number of aromatic nitrogens is 2. The second-order valence-corrected chi connectivity index (χ2v) is 8.38. The van der Waals surface area contributed by atoms with Crippen molar-refractivity contribution in [2.24, 2.45) is 0 Å². The van der Waals surface area contributed by atoms with E-state index in [1.54, 1.807) is 10.3 Å². The maximum absolute atomic E-state index is 12.4. The van der Waals surface area contributed by atoms with Gasteiger partial charge in [0.25, 0.3) is 0 Å². The van der Waals surface area contributed by atoms with Crippen LogP contribution in [-0.4, -0.2) is 21.8 Å². The molecule has 2 aromatic carbocycles. The normalized spacial score (nSPS) is 10.8. The number of benzene rings is 2. The molecule has 7 nitrogen and oxygen atoms in total. The Bertz CT molecular complexity index is 1280. The van der Waals surface area contributed by atoms with Crippen LogP contribution in [0.2, 0.25) is 0 Å². The Morgan fingerprint density at radius 2 is 1.82 bits per heavy atom. The van der Waals surface area contributed by atoms with Crippen LogP contribution in [0.25, 0.3) is 11.5 Å². The maximum Gasteiger partial charge on any atom is 0.312 e. The summed E-state index contributed by atoms with van der Waals surface area (Å²) in [6.45, 7) is 5.49. The molecule has 1 amide bonds. The molecule has 2 aromatic heterocycles. The van der Waals surface area contributed by atoms with Crippen LogP contribution in [-0.2, 0) is 27.4 Å². The minimum Gasteiger partial charge on any atom is -0.459 e. The van der Waals surface area contributed by atoms with Crippen molar-refractivity contribution in [3.63, 3.8) is 0 Å². The summed E-state index contributed by atoms with van der Waals surface area (Å²) in [4.78, 5) is 35.1. The number of nitrogens with zero attached hydrogens (tertiary/aromatic N) is 3. The number of amides is 1. The fourth-order valence-electron chi connectivity index (χ4n) is 3.31. The molecule has 4 aromatic rings. The van der Waals surface area contributed by atoms with Crippen LogP contribution in [0.15, 0.2) is 64.6 Å². The molecule has 0 N–H and O–H groups in total. The molecule has 0 unspecified atom stereocenters. The average molecular weight is 462 g/mol. The van der Waals surface area contributed by atoms with Crippen molar-refractivity contribution in [2.45, 2.75) is 33.8 Å². The summed E-state index contributed by atoms with van der Waals surface area (Å²) in [5.41, 5.74) is 4.80. The Kier molecular flexibility index (Phi) is 6.65. The number of hydrogen-bond acceptors (Lipinski definition) is 7. The quantitative estimate of drug-likeness (QED) is 0.343. The van der Waals surface area contributed by atoms with Gasteiger partial charge in [0.05, 0.1) is 23.5 Å². The zero-order valence-electron chi connectivity index (χ0n) is 18.6. The van der Waals surface area contributed by atoms with Crippen LogP contribution in [0, 0.1) is 13.8 Å². The lowest BCUT2D eigenvalue weighted by atomic mass is 10.1. The monoisotopic (exact) mass is 461 g/mol. The summed E-state index contributed by atoms with van der Waals surface area (Å²) in [5, 5.41) is 2.32. The van der Waals surface area contributed by atoms with Gasteiger partial charge in [-0.15, -0.1) is 11.3 Å². The van der Waals surface area contributed by atoms with E-state index in [4.69, 9.17) is 9.15 Å². The molecule has 33 heavy (non-hydrogen) atoms. The van der Waals surface area contributed by atoms with Gasteiger partial charge < -0.3 is 9.15 Å². The first kappa shape index (κ1) is 22.4. The smallest absolute Gasteiger partial charge is 0.312 e. The van der Waals surface area contributed by atoms with Crippen LogP contribution < -0.4 is 4.90 Å². The number of carbonyl (C=O) groups is 2. The Balaban J connectivity index is 1.39. The number of hydrogen-bond donors (Lipinski definition) is 0. The van der Waals surface area contributed by atoms with Crippen LogP contribution in [0.1, 0.15) is 29.4 Å². The fraction of sp³-hybridized carbons (Fsp3) is 0.200. The fourth-order valence-corrected chi connectivity index (χ4v) is 4.17. The first-order valence-corrected chi connectivity index (χ1v) is 11.3. The lowest BCUT2D eigenvalue weighted by molar-refractivity contribution is -0.144. The van der Waals surface area contributed by atoms with Crippen LogP contribution in [0.3, 0.4) is 0 Å². The van der Waals surface area contributed by atoms with Gasteiger partial charge in [-0.3, -0.25) is 14.5 Å². The molecule has 0 spiro atoms. The van der Waals surface area contributed by atoms with E-state index >= 15 is 0 Å². The predicted molar refractivity (Wildman–Crippen MR) is 126 cm³/mol. The molecular formula is C25H23N3O4S. The van der Waals surface area contributed by atoms with Gasteiger partial charge in [0.15, 0.2) is 5.13 Å². The number of ether oxygens (including phenoxy) is 1. The zero-order valence-corrected chi connectivity index (χ0v) is 19.4. The molecular weight excluding hydrogens is 438 g/mol. The lowest BCUT2D eigenvalue weighted by Crippen LogP contribution is -2.23. The number of thiazole rings is 1. The Labute approximate surface area is 195 Å². The second-order valence-electron chi connectivity index (χ2n) is 7.54. The van der Waals surface area contributed by atoms with Crippen molar-refractivity contribution >= 4 is 34.0 Å². The van der Waals surface area contributed by atoms with E-state index in [1.165, 1.54) is 24.5 Å². The molecule has 8 heteroatoms. The van der Waals surface area contributed by atoms with Crippen molar-refractivity contribution in [1.29, 1.82) is 0 Å². The van der Waals surface area contributed by atoms with E-state index in [9.17, 15) is 9.59 Å². The van der Waals surface area contributed by atoms with Crippen molar-refractivity contribution in [3.05, 3.63) is 82.7 Å². The van der Waals surface area contributed by atoms with E-state index in [0.29, 0.717) is 22.4 Å². The van der Waals surface area contributed by atoms with E-state index in [2.05, 4.69) is 9.97 Å². The van der Waals surface area contributed by atoms with Crippen LogP contribution in [0.4, 0.5) is 10.8 Å². The lowest BCUT2D eigenvalue weighted by Gasteiger charge is -2.21. The van der Waals surface area contributed by atoms with Crippen LogP contribution >= 0.6 is 11.3 Å². The topological polar surface area (TPSA) is 85.5 Å². The summed E-state index contributed by atoms with van der Waals surface area (Å²) in [5.74, 6) is -0.115. The molecule has 0 aliphatic rings. The summed E-state index contributed by atoms with van der Waals surface area (Å²) in [6, 6.07) is 15.3. The number of carbonyl (C=O) groups excluding carboxylic acids is 2. The van der Waals surface area contributed by atoms with Gasteiger partial charge in [0.2, 0.25) is 11.8 Å². The van der Waals surface area contributed by atoms with E-state index in [1.807, 2.05) is 62.4 Å². The highest BCUT2D eigenvalue weighted by Gasteiger charge is 2.21. The molecule has 2 heterocycles. The summed E-state index contributed by atoms with van der Waals surface area (Å²) in [6.07, 6.45) is 1.45. The first-order chi connectivity index (χ1) is 15.9. The number of aryl methyl sites for hydroxylation is 1. The molecule has 4 rings (SSSR count). The van der Waals surface area contributed by atoms with Gasteiger partial charge in [-0.05, 0) is 43.2 Å². The van der Waals surface area contributed by atoms with Gasteiger partial charge in [-0.25, -0.2) is 9.97 Å². The number of anilines is 2. The minimum atomic E-state index is -0.435. The number of oxazole rings is 1. The largest absolute Gasteiger partial charge is 0.459 e. The Hall–Kier alpha value is -3.78. The van der Waals surface area contributed by atoms with Gasteiger partial charge in [0.1, 0.15) is 12.9 Å². The molecule has 0 atom stereocenters. The molecule has 0 bridgehead atoms.